The van der Waals surface area contributed by atoms with Crippen molar-refractivity contribution in [1.29, 1.82) is 0 Å². The van der Waals surface area contributed by atoms with Gasteiger partial charge in [0.25, 0.3) is 5.91 Å². The van der Waals surface area contributed by atoms with Crippen molar-refractivity contribution >= 4 is 17.8 Å². The second kappa shape index (κ2) is 9.81. The zero-order chi connectivity index (χ0) is 26.1. The highest BCUT2D eigenvalue weighted by atomic mass is 16.4. The molecule has 0 radical (unpaired) electrons. The van der Waals surface area contributed by atoms with Crippen LogP contribution in [0.2, 0.25) is 0 Å². The molecule has 36 heavy (non-hydrogen) atoms. The van der Waals surface area contributed by atoms with Gasteiger partial charge < -0.3 is 14.2 Å². The smallest absolute Gasteiger partial charge is 0.287 e. The third kappa shape index (κ3) is 5.15. The fourth-order valence-corrected chi connectivity index (χ4v) is 4.88. The largest absolute Gasteiger partial charge is 0.465 e. The van der Waals surface area contributed by atoms with E-state index in [1.165, 1.54) is 11.1 Å². The van der Waals surface area contributed by atoms with Crippen molar-refractivity contribution in [2.75, 3.05) is 0 Å². The first-order chi connectivity index (χ1) is 17.0. The Hall–Kier alpha value is -3.60. The number of ketones is 1. The SMILES string of the molecule is C=CCC(C=Cc1ccco1)NC(=O)c1ccc(C(=O)c2cc3c(cc2C)C(C)(C)CCC3(C)C)o1. The molecule has 0 saturated carbocycles. The van der Waals surface area contributed by atoms with Crippen molar-refractivity contribution in [3.05, 3.63) is 101 Å². The molecule has 2 heterocycles. The second-order valence-electron chi connectivity index (χ2n) is 11.0. The van der Waals surface area contributed by atoms with Gasteiger partial charge >= 0.3 is 0 Å². The van der Waals surface area contributed by atoms with E-state index < -0.39 is 5.91 Å². The Bertz CT molecular complexity index is 1300. The molecular weight excluding hydrogens is 450 g/mol. The summed E-state index contributed by atoms with van der Waals surface area (Å²) in [5.74, 6) is 0.332. The fourth-order valence-electron chi connectivity index (χ4n) is 4.88. The van der Waals surface area contributed by atoms with Crippen LogP contribution in [0.3, 0.4) is 0 Å². The zero-order valence-electron chi connectivity index (χ0n) is 21.8. The number of amides is 1. The van der Waals surface area contributed by atoms with Crippen molar-refractivity contribution in [3.8, 4) is 0 Å². The second-order valence-corrected chi connectivity index (χ2v) is 11.0. The van der Waals surface area contributed by atoms with Crippen LogP contribution in [0.4, 0.5) is 0 Å². The van der Waals surface area contributed by atoms with Crippen LogP contribution in [0, 0.1) is 6.92 Å². The summed E-state index contributed by atoms with van der Waals surface area (Å²) in [5.41, 5.74) is 4.12. The average molecular weight is 486 g/mol. The van der Waals surface area contributed by atoms with Crippen molar-refractivity contribution in [2.24, 2.45) is 0 Å². The minimum atomic E-state index is -0.393. The highest BCUT2D eigenvalue weighted by Crippen LogP contribution is 2.46. The molecule has 2 aromatic heterocycles. The Kier molecular flexibility index (Phi) is 6.94. The van der Waals surface area contributed by atoms with E-state index in [1.54, 1.807) is 36.6 Å². The maximum Gasteiger partial charge on any atom is 0.287 e. The van der Waals surface area contributed by atoms with Crippen LogP contribution in [0.1, 0.15) is 96.1 Å². The van der Waals surface area contributed by atoms with Crippen LogP contribution in [0.5, 0.6) is 0 Å². The zero-order valence-corrected chi connectivity index (χ0v) is 21.8. The lowest BCUT2D eigenvalue weighted by molar-refractivity contribution is 0.0911. The molecule has 4 rings (SSSR count). The predicted octanol–water partition coefficient (Wildman–Crippen LogP) is 7.15. The van der Waals surface area contributed by atoms with Crippen LogP contribution in [0.15, 0.2) is 70.2 Å². The van der Waals surface area contributed by atoms with Crippen LogP contribution < -0.4 is 5.32 Å². The standard InChI is InChI=1S/C31H35NO4/c1-7-9-21(11-12-22-10-8-17-35-22)32-29(34)27-14-13-26(36-27)28(33)23-19-25-24(18-20(23)2)30(3,4)15-16-31(25,5)6/h7-8,10-14,17-19,21H,1,9,15-16H2,2-6H3,(H,32,34). The molecule has 5 nitrogen and oxygen atoms in total. The van der Waals surface area contributed by atoms with Crippen LogP contribution in [0.25, 0.3) is 6.08 Å². The molecule has 3 aromatic rings. The quantitative estimate of drug-likeness (QED) is 0.272. The Balaban J connectivity index is 1.55. The number of nitrogens with one attached hydrogen (secondary N) is 1. The summed E-state index contributed by atoms with van der Waals surface area (Å²) in [5, 5.41) is 2.92. The predicted molar refractivity (Wildman–Crippen MR) is 142 cm³/mol. The third-order valence-corrected chi connectivity index (χ3v) is 7.27. The summed E-state index contributed by atoms with van der Waals surface area (Å²) in [7, 11) is 0. The molecule has 188 valence electrons. The highest BCUT2D eigenvalue weighted by Gasteiger charge is 2.38. The van der Waals surface area contributed by atoms with Gasteiger partial charge in [-0.3, -0.25) is 9.59 Å². The molecule has 1 amide bonds. The number of benzene rings is 1. The van der Waals surface area contributed by atoms with E-state index in [4.69, 9.17) is 8.83 Å². The van der Waals surface area contributed by atoms with E-state index >= 15 is 0 Å². The number of hydrogen-bond donors (Lipinski definition) is 1. The van der Waals surface area contributed by atoms with E-state index in [0.717, 1.165) is 18.4 Å². The van der Waals surface area contributed by atoms with Crippen molar-refractivity contribution in [1.82, 2.24) is 5.32 Å². The van der Waals surface area contributed by atoms with Gasteiger partial charge in [-0.15, -0.1) is 6.58 Å². The van der Waals surface area contributed by atoms with E-state index in [0.29, 0.717) is 17.7 Å². The summed E-state index contributed by atoms with van der Waals surface area (Å²) >= 11 is 0. The van der Waals surface area contributed by atoms with Crippen LogP contribution in [-0.4, -0.2) is 17.7 Å². The number of rotatable bonds is 8. The lowest BCUT2D eigenvalue weighted by Gasteiger charge is -2.42. The lowest BCUT2D eigenvalue weighted by atomic mass is 9.62. The van der Waals surface area contributed by atoms with Crippen molar-refractivity contribution in [2.45, 2.75) is 70.8 Å². The van der Waals surface area contributed by atoms with Crippen LogP contribution in [-0.2, 0) is 10.8 Å². The molecule has 1 aliphatic carbocycles. The fraction of sp³-hybridized carbons (Fsp3) is 0.355. The van der Waals surface area contributed by atoms with E-state index in [2.05, 4.69) is 45.7 Å². The minimum absolute atomic E-state index is 0.00881. The van der Waals surface area contributed by atoms with Gasteiger partial charge in [-0.05, 0) is 90.1 Å². The molecule has 0 aliphatic heterocycles. The Labute approximate surface area is 213 Å². The molecule has 0 bridgehead atoms. The van der Waals surface area contributed by atoms with Gasteiger partial charge in [0.15, 0.2) is 11.5 Å². The molecule has 1 N–H and O–H groups in total. The number of furan rings is 2. The van der Waals surface area contributed by atoms with Crippen molar-refractivity contribution in [3.63, 3.8) is 0 Å². The monoisotopic (exact) mass is 485 g/mol. The van der Waals surface area contributed by atoms with Crippen LogP contribution >= 0.6 is 0 Å². The topological polar surface area (TPSA) is 72.5 Å². The van der Waals surface area contributed by atoms with Gasteiger partial charge in [0.2, 0.25) is 5.78 Å². The highest BCUT2D eigenvalue weighted by molar-refractivity contribution is 6.09. The van der Waals surface area contributed by atoms with E-state index in [-0.39, 0.29) is 34.2 Å². The van der Waals surface area contributed by atoms with Crippen molar-refractivity contribution < 1.29 is 18.4 Å². The summed E-state index contributed by atoms with van der Waals surface area (Å²) in [6.07, 6.45) is 9.68. The molecular formula is C31H35NO4. The molecule has 1 aliphatic rings. The Morgan fingerprint density at radius 2 is 1.72 bits per heavy atom. The van der Waals surface area contributed by atoms with Gasteiger partial charge in [0, 0.05) is 5.56 Å². The van der Waals surface area contributed by atoms with Gasteiger partial charge in [-0.1, -0.05) is 45.9 Å². The number of aryl methyl sites for hydroxylation is 1. The average Bonchev–Trinajstić information content (AvgIpc) is 3.52. The van der Waals surface area contributed by atoms with Gasteiger partial charge in [0.1, 0.15) is 5.76 Å². The Morgan fingerprint density at radius 3 is 2.36 bits per heavy atom. The minimum Gasteiger partial charge on any atom is -0.465 e. The normalized spacial score (nSPS) is 16.9. The molecule has 0 spiro atoms. The molecule has 0 saturated heterocycles. The number of carbonyl (C=O) groups excluding carboxylic acids is 2. The molecule has 1 atom stereocenters. The summed E-state index contributed by atoms with van der Waals surface area (Å²) in [6.45, 7) is 14.7. The number of fused-ring (bicyclic) bond motifs is 1. The third-order valence-electron chi connectivity index (χ3n) is 7.27. The Morgan fingerprint density at radius 1 is 1.06 bits per heavy atom. The van der Waals surface area contributed by atoms with E-state index in [1.807, 2.05) is 25.1 Å². The maximum atomic E-state index is 13.5. The number of hydrogen-bond acceptors (Lipinski definition) is 4. The molecule has 1 unspecified atom stereocenters. The molecule has 1 aromatic carbocycles. The summed E-state index contributed by atoms with van der Waals surface area (Å²) in [4.78, 5) is 26.3. The maximum absolute atomic E-state index is 13.5. The summed E-state index contributed by atoms with van der Waals surface area (Å²) < 4.78 is 11.1. The van der Waals surface area contributed by atoms with E-state index in [9.17, 15) is 9.59 Å². The van der Waals surface area contributed by atoms with Gasteiger partial charge in [-0.25, -0.2) is 0 Å². The number of carbonyl (C=O) groups is 2. The molecule has 0 fully saturated rings. The first-order valence-electron chi connectivity index (χ1n) is 12.5. The molecule has 5 heteroatoms. The first-order valence-corrected chi connectivity index (χ1v) is 12.5. The van der Waals surface area contributed by atoms with Gasteiger partial charge in [-0.2, -0.15) is 0 Å². The lowest BCUT2D eigenvalue weighted by Crippen LogP contribution is -2.34. The summed E-state index contributed by atoms with van der Waals surface area (Å²) in [6, 6.07) is 10.7. The van der Waals surface area contributed by atoms with Gasteiger partial charge in [0.05, 0.1) is 12.3 Å². The first kappa shape index (κ1) is 25.5.